The zero-order valence-electron chi connectivity index (χ0n) is 73.5. The molecule has 6 heterocycles. The lowest BCUT2D eigenvalue weighted by Gasteiger charge is -2.15. The molecule has 136 heavy (non-hydrogen) atoms. The van der Waals surface area contributed by atoms with Gasteiger partial charge in [-0.05, 0) is 195 Å². The summed E-state index contributed by atoms with van der Waals surface area (Å²) in [5, 5.41) is 24.7. The van der Waals surface area contributed by atoms with Gasteiger partial charge in [0.05, 0.1) is 49.8 Å². The fraction of sp³-hybridized carbons (Fsp3) is 0. The highest BCUT2D eigenvalue weighted by atomic mass is 15.2. The van der Waals surface area contributed by atoms with E-state index in [1.54, 1.807) is 0 Å². The standard InChI is InChI=1S/C67H41N5.C59H37N5/c1-3-16-45(17-4-1)65-68-66(46-18-5-2-6-19-46)70-67(69-65)72-61-26-14-12-23-54(61)59-40-48(33-38-63(59)72)43-29-27-42(28-30-43)47-32-37-62-58(39-47)53-22-11-13-25-60(53)71(62)49-34-36-52-51-21-9-10-24-55(51)64-50-20-8-7-15-44(50)31-35-56(64)57(52)41-49;1-3-15-40(16-4-1)57-60-58(41-17-5-2-6-18-41)62-59(61-57)64-53-26-14-12-24-49(53)51-36-43(32-34-55(51)64)39-29-27-38(28-30-39)42-31-33-54-50(35-42)48-23-11-13-25-52(48)63(54)56-37-44-19-7-8-20-45(44)46-21-9-10-22-47(46)56/h1-41H;1-37H. The molecule has 0 radical (unpaired) electrons. The first kappa shape index (κ1) is 77.6. The molecule has 28 aromatic rings. The number of fused-ring (bicyclic) bond motifs is 23. The summed E-state index contributed by atoms with van der Waals surface area (Å²) < 4.78 is 9.24. The zero-order chi connectivity index (χ0) is 89.4. The summed E-state index contributed by atoms with van der Waals surface area (Å²) in [6.45, 7) is 0. The molecule has 10 nitrogen and oxygen atoms in total. The smallest absolute Gasteiger partial charge is 0.238 e. The maximum absolute atomic E-state index is 5.12. The monoisotopic (exact) mass is 1730 g/mol. The van der Waals surface area contributed by atoms with Crippen LogP contribution in [0.5, 0.6) is 0 Å². The second-order valence-electron chi connectivity index (χ2n) is 35.2. The molecule has 0 amide bonds. The molecule has 28 rings (SSSR count). The molecule has 0 spiro atoms. The normalized spacial score (nSPS) is 11.8. The van der Waals surface area contributed by atoms with E-state index in [4.69, 9.17) is 29.9 Å². The highest BCUT2D eigenvalue weighted by Gasteiger charge is 2.25. The molecule has 632 valence electrons. The molecular weight excluding hydrogens is 1650 g/mol. The van der Waals surface area contributed by atoms with E-state index in [9.17, 15) is 0 Å². The Balaban J connectivity index is 0.000000139. The Morgan fingerprint density at radius 3 is 0.831 bits per heavy atom. The minimum absolute atomic E-state index is 0.583. The summed E-state index contributed by atoms with van der Waals surface area (Å²) in [5.41, 5.74) is 24.3. The molecule has 0 atom stereocenters. The van der Waals surface area contributed by atoms with Gasteiger partial charge in [0.15, 0.2) is 23.3 Å². The van der Waals surface area contributed by atoms with Gasteiger partial charge in [-0.25, -0.2) is 9.97 Å². The number of hydrogen-bond acceptors (Lipinski definition) is 6. The van der Waals surface area contributed by atoms with Gasteiger partial charge in [-0.1, -0.05) is 382 Å². The van der Waals surface area contributed by atoms with E-state index in [1.165, 1.54) is 136 Å². The Bertz CT molecular complexity index is 9610. The van der Waals surface area contributed by atoms with Crippen LogP contribution in [-0.2, 0) is 0 Å². The first-order valence-corrected chi connectivity index (χ1v) is 46.2. The second-order valence-corrected chi connectivity index (χ2v) is 35.2. The molecule has 0 fully saturated rings. The van der Waals surface area contributed by atoms with Crippen LogP contribution in [0, 0.1) is 0 Å². The van der Waals surface area contributed by atoms with E-state index in [0.29, 0.717) is 35.2 Å². The third-order valence-electron chi connectivity index (χ3n) is 27.5. The van der Waals surface area contributed by atoms with E-state index in [2.05, 4.69) is 370 Å². The highest BCUT2D eigenvalue weighted by Crippen LogP contribution is 2.46. The number of hydrogen-bond donors (Lipinski definition) is 0. The van der Waals surface area contributed by atoms with Gasteiger partial charge in [-0.15, -0.1) is 0 Å². The highest BCUT2D eigenvalue weighted by molar-refractivity contribution is 6.32. The van der Waals surface area contributed by atoms with Crippen molar-refractivity contribution in [1.29, 1.82) is 0 Å². The molecule has 0 aliphatic heterocycles. The molecule has 0 unspecified atom stereocenters. The summed E-state index contributed by atoms with van der Waals surface area (Å²) in [6, 6.07) is 170. The predicted molar refractivity (Wildman–Crippen MR) is 566 cm³/mol. The fourth-order valence-corrected chi connectivity index (χ4v) is 21.2. The van der Waals surface area contributed by atoms with Gasteiger partial charge in [0.1, 0.15) is 0 Å². The number of aromatic nitrogens is 10. The maximum Gasteiger partial charge on any atom is 0.238 e. The summed E-state index contributed by atoms with van der Waals surface area (Å²) >= 11 is 0. The van der Waals surface area contributed by atoms with Gasteiger partial charge in [0, 0.05) is 76.4 Å². The number of rotatable bonds is 12. The third kappa shape index (κ3) is 12.9. The summed E-state index contributed by atoms with van der Waals surface area (Å²) in [7, 11) is 0. The van der Waals surface area contributed by atoms with Gasteiger partial charge in [-0.2, -0.15) is 19.9 Å². The lowest BCUT2D eigenvalue weighted by molar-refractivity contribution is 0.953. The van der Waals surface area contributed by atoms with Crippen molar-refractivity contribution in [3.05, 3.63) is 473 Å². The molecule has 6 aromatic heterocycles. The minimum atomic E-state index is 0.583. The Kier molecular flexibility index (Phi) is 18.1. The summed E-state index contributed by atoms with van der Waals surface area (Å²) in [5.74, 6) is 3.70. The van der Waals surface area contributed by atoms with Crippen LogP contribution in [0.4, 0.5) is 0 Å². The predicted octanol–water partition coefficient (Wildman–Crippen LogP) is 32.4. The Hall–Kier alpha value is -18.4. The number of nitrogens with zero attached hydrogens (tertiary/aromatic N) is 10. The molecule has 0 bridgehead atoms. The Morgan fingerprint density at radius 1 is 0.132 bits per heavy atom. The molecule has 0 N–H and O–H groups in total. The van der Waals surface area contributed by atoms with Crippen molar-refractivity contribution in [3.63, 3.8) is 0 Å². The van der Waals surface area contributed by atoms with Gasteiger partial charge in [-0.3, -0.25) is 9.13 Å². The van der Waals surface area contributed by atoms with Crippen molar-refractivity contribution in [1.82, 2.24) is 48.2 Å². The Morgan fingerprint density at radius 2 is 0.412 bits per heavy atom. The van der Waals surface area contributed by atoms with Crippen LogP contribution >= 0.6 is 0 Å². The van der Waals surface area contributed by atoms with Gasteiger partial charge in [0.2, 0.25) is 11.9 Å². The van der Waals surface area contributed by atoms with E-state index >= 15 is 0 Å². The topological polar surface area (TPSA) is 97.1 Å². The van der Waals surface area contributed by atoms with Crippen molar-refractivity contribution in [2.24, 2.45) is 0 Å². The van der Waals surface area contributed by atoms with Crippen LogP contribution in [0.3, 0.4) is 0 Å². The number of benzene rings is 22. The number of para-hydroxylation sites is 4. The maximum atomic E-state index is 5.12. The van der Waals surface area contributed by atoms with Crippen LogP contribution in [0.1, 0.15) is 0 Å². The SMILES string of the molecule is c1ccc(-c2nc(-c3ccccc3)nc(-n3c4ccccc4c4cc(-c5ccc(-c6ccc7c(c6)c6ccccc6n7-c6cc7ccccc7c7ccccc67)cc5)ccc43)n2)cc1.c1ccc(-c2nc(-c3ccccc3)nc(-n3c4ccccc4c4cc(-c5ccc(-c6ccc7c(c6)c6ccccc6n7-c6ccc7c8ccccc8c8c9ccccc9ccc8c7c6)cc5)ccc43)n2)cc1. The van der Waals surface area contributed by atoms with Crippen molar-refractivity contribution >= 4 is 152 Å². The van der Waals surface area contributed by atoms with Gasteiger partial charge >= 0.3 is 0 Å². The molecular formula is C126H78N10. The van der Waals surface area contributed by atoms with Crippen molar-refractivity contribution in [2.75, 3.05) is 0 Å². The van der Waals surface area contributed by atoms with Crippen LogP contribution in [0.25, 0.3) is 265 Å². The molecule has 0 saturated heterocycles. The van der Waals surface area contributed by atoms with E-state index in [1.807, 2.05) is 121 Å². The lowest BCUT2D eigenvalue weighted by Crippen LogP contribution is -2.06. The lowest BCUT2D eigenvalue weighted by atomic mass is 9.91. The van der Waals surface area contributed by atoms with Crippen LogP contribution in [0.2, 0.25) is 0 Å². The quantitative estimate of drug-likeness (QED) is 0.113. The molecule has 0 aliphatic carbocycles. The average molecular weight is 1730 g/mol. The minimum Gasteiger partial charge on any atom is -0.309 e. The van der Waals surface area contributed by atoms with Gasteiger partial charge < -0.3 is 9.13 Å². The molecule has 10 heteroatoms. The van der Waals surface area contributed by atoms with E-state index in [-0.39, 0.29) is 0 Å². The van der Waals surface area contributed by atoms with E-state index < -0.39 is 0 Å². The molecule has 0 saturated carbocycles. The van der Waals surface area contributed by atoms with Crippen LogP contribution in [0.15, 0.2) is 473 Å². The van der Waals surface area contributed by atoms with Crippen LogP contribution in [-0.4, -0.2) is 48.2 Å². The average Bonchev–Trinajstić information content (AvgIpc) is 1.47. The largest absolute Gasteiger partial charge is 0.309 e. The van der Waals surface area contributed by atoms with Crippen molar-refractivity contribution < 1.29 is 0 Å². The first-order chi connectivity index (χ1) is 67.4. The van der Waals surface area contributed by atoms with Crippen LogP contribution < -0.4 is 0 Å². The van der Waals surface area contributed by atoms with Gasteiger partial charge in [0.25, 0.3) is 0 Å². The van der Waals surface area contributed by atoms with Crippen molar-refractivity contribution in [2.45, 2.75) is 0 Å². The second kappa shape index (κ2) is 31.7. The zero-order valence-corrected chi connectivity index (χ0v) is 73.5. The third-order valence-corrected chi connectivity index (χ3v) is 27.5. The summed E-state index contributed by atoms with van der Waals surface area (Å²) in [6.07, 6.45) is 0. The first-order valence-electron chi connectivity index (χ1n) is 46.2. The molecule has 0 aliphatic rings. The van der Waals surface area contributed by atoms with E-state index in [0.717, 1.165) is 93.8 Å². The van der Waals surface area contributed by atoms with Crippen molar-refractivity contribution in [3.8, 4) is 113 Å². The summed E-state index contributed by atoms with van der Waals surface area (Å²) in [4.78, 5) is 30.4. The Labute approximate surface area is 781 Å². The fourth-order valence-electron chi connectivity index (χ4n) is 21.2. The molecule has 22 aromatic carbocycles.